The number of ether oxygens (including phenoxy) is 2. The molecule has 0 bridgehead atoms. The van der Waals surface area contributed by atoms with Crippen molar-refractivity contribution in [3.63, 3.8) is 0 Å². The van der Waals surface area contributed by atoms with Gasteiger partial charge in [0.1, 0.15) is 18.8 Å². The molecule has 0 fully saturated rings. The van der Waals surface area contributed by atoms with Gasteiger partial charge in [0.15, 0.2) is 11.5 Å². The van der Waals surface area contributed by atoms with Crippen LogP contribution < -0.4 is 9.47 Å². The van der Waals surface area contributed by atoms with Crippen molar-refractivity contribution in [1.29, 1.82) is 0 Å². The summed E-state index contributed by atoms with van der Waals surface area (Å²) in [6, 6.07) is 10.1. The lowest BCUT2D eigenvalue weighted by molar-refractivity contribution is -0.130. The Bertz CT molecular complexity index is 1070. The fraction of sp³-hybridized carbons (Fsp3) is 0.400. The van der Waals surface area contributed by atoms with Crippen LogP contribution in [-0.4, -0.2) is 30.6 Å². The highest BCUT2D eigenvalue weighted by Gasteiger charge is 2.19. The van der Waals surface area contributed by atoms with Crippen LogP contribution in [0, 0.1) is 6.92 Å². The van der Waals surface area contributed by atoms with Crippen molar-refractivity contribution in [1.82, 2.24) is 4.90 Å². The summed E-state index contributed by atoms with van der Waals surface area (Å²) in [5.41, 5.74) is 5.33. The van der Waals surface area contributed by atoms with Crippen molar-refractivity contribution in [2.45, 2.75) is 46.6 Å². The minimum absolute atomic E-state index is 0.0850. The van der Waals surface area contributed by atoms with Gasteiger partial charge in [-0.25, -0.2) is 0 Å². The summed E-state index contributed by atoms with van der Waals surface area (Å²) in [7, 11) is 0. The highest BCUT2D eigenvalue weighted by Crippen LogP contribution is 2.32. The van der Waals surface area contributed by atoms with E-state index in [1.165, 1.54) is 11.1 Å². The third kappa shape index (κ3) is 4.02. The van der Waals surface area contributed by atoms with E-state index < -0.39 is 0 Å². The SMILES string of the molecule is CCN(Cc1ccc2c(c1)OCCO2)C(=O)Cc1coc2cc(C)c(C(C)C)cc12. The molecule has 1 aromatic heterocycles. The number of rotatable bonds is 6. The van der Waals surface area contributed by atoms with E-state index in [4.69, 9.17) is 13.9 Å². The van der Waals surface area contributed by atoms with E-state index in [-0.39, 0.29) is 5.91 Å². The Morgan fingerprint density at radius 2 is 1.87 bits per heavy atom. The molecule has 0 radical (unpaired) electrons. The Balaban J connectivity index is 1.53. The number of fused-ring (bicyclic) bond motifs is 2. The second kappa shape index (κ2) is 8.42. The molecule has 1 aliphatic heterocycles. The van der Waals surface area contributed by atoms with Crippen LogP contribution in [0.15, 0.2) is 41.0 Å². The molecule has 2 aromatic carbocycles. The fourth-order valence-corrected chi connectivity index (χ4v) is 4.06. The molecule has 1 amide bonds. The van der Waals surface area contributed by atoms with Crippen LogP contribution >= 0.6 is 0 Å². The third-order valence-corrected chi connectivity index (χ3v) is 5.72. The highest BCUT2D eigenvalue weighted by molar-refractivity contribution is 5.88. The monoisotopic (exact) mass is 407 g/mol. The Morgan fingerprint density at radius 3 is 2.60 bits per heavy atom. The van der Waals surface area contributed by atoms with Crippen molar-refractivity contribution < 1.29 is 18.7 Å². The zero-order valence-corrected chi connectivity index (χ0v) is 18.2. The predicted molar refractivity (Wildman–Crippen MR) is 117 cm³/mol. The Hall–Kier alpha value is -2.95. The van der Waals surface area contributed by atoms with E-state index >= 15 is 0 Å². The van der Waals surface area contributed by atoms with Crippen molar-refractivity contribution in [2.24, 2.45) is 0 Å². The van der Waals surface area contributed by atoms with E-state index in [2.05, 4.69) is 32.9 Å². The van der Waals surface area contributed by atoms with Crippen LogP contribution in [0.25, 0.3) is 11.0 Å². The van der Waals surface area contributed by atoms with E-state index in [0.29, 0.717) is 38.6 Å². The maximum absolute atomic E-state index is 13.1. The molecule has 5 nitrogen and oxygen atoms in total. The summed E-state index contributed by atoms with van der Waals surface area (Å²) in [5, 5.41) is 1.04. The number of aryl methyl sites for hydroxylation is 1. The molecule has 0 saturated heterocycles. The number of furan rings is 1. The van der Waals surface area contributed by atoms with Crippen molar-refractivity contribution in [2.75, 3.05) is 19.8 Å². The largest absolute Gasteiger partial charge is 0.486 e. The van der Waals surface area contributed by atoms with Gasteiger partial charge in [0.2, 0.25) is 5.91 Å². The summed E-state index contributed by atoms with van der Waals surface area (Å²) in [6.07, 6.45) is 2.05. The normalized spacial score (nSPS) is 13.1. The first-order valence-electron chi connectivity index (χ1n) is 10.6. The summed E-state index contributed by atoms with van der Waals surface area (Å²) >= 11 is 0. The molecule has 0 unspecified atom stereocenters. The number of nitrogens with zero attached hydrogens (tertiary/aromatic N) is 1. The number of benzene rings is 2. The topological polar surface area (TPSA) is 51.9 Å². The number of hydrogen-bond acceptors (Lipinski definition) is 4. The van der Waals surface area contributed by atoms with Gasteiger partial charge in [-0.2, -0.15) is 0 Å². The molecule has 0 aliphatic carbocycles. The van der Waals surface area contributed by atoms with Crippen LogP contribution in [0.2, 0.25) is 0 Å². The molecule has 0 atom stereocenters. The Morgan fingerprint density at radius 1 is 1.10 bits per heavy atom. The molecule has 0 saturated carbocycles. The fourth-order valence-electron chi connectivity index (χ4n) is 4.06. The summed E-state index contributed by atoms with van der Waals surface area (Å²) in [6.45, 7) is 10.8. The van der Waals surface area contributed by atoms with Gasteiger partial charge in [-0.1, -0.05) is 19.9 Å². The standard InChI is InChI=1S/C25H29NO4/c1-5-26(14-18-6-7-22-24(11-18)29-9-8-28-22)25(27)12-19-15-30-23-10-17(4)20(16(2)3)13-21(19)23/h6-7,10-11,13,15-16H,5,8-9,12,14H2,1-4H3. The second-order valence-electron chi connectivity index (χ2n) is 8.18. The smallest absolute Gasteiger partial charge is 0.227 e. The van der Waals surface area contributed by atoms with Gasteiger partial charge in [-0.3, -0.25) is 4.79 Å². The van der Waals surface area contributed by atoms with E-state index in [9.17, 15) is 4.79 Å². The van der Waals surface area contributed by atoms with Gasteiger partial charge in [0, 0.05) is 24.0 Å². The zero-order valence-electron chi connectivity index (χ0n) is 18.2. The first kappa shape index (κ1) is 20.3. The van der Waals surface area contributed by atoms with Gasteiger partial charge < -0.3 is 18.8 Å². The van der Waals surface area contributed by atoms with Gasteiger partial charge in [-0.15, -0.1) is 0 Å². The number of hydrogen-bond donors (Lipinski definition) is 0. The Labute approximate surface area is 177 Å². The molecular formula is C25H29NO4. The van der Waals surface area contributed by atoms with Gasteiger partial charge >= 0.3 is 0 Å². The maximum atomic E-state index is 13.1. The second-order valence-corrected chi connectivity index (χ2v) is 8.18. The molecule has 4 rings (SSSR count). The molecule has 158 valence electrons. The average molecular weight is 408 g/mol. The lowest BCUT2D eigenvalue weighted by Gasteiger charge is -2.23. The molecular weight excluding hydrogens is 378 g/mol. The van der Waals surface area contributed by atoms with Gasteiger partial charge in [0.25, 0.3) is 0 Å². The van der Waals surface area contributed by atoms with Crippen LogP contribution in [0.5, 0.6) is 11.5 Å². The quantitative estimate of drug-likeness (QED) is 0.562. The summed E-state index contributed by atoms with van der Waals surface area (Å²) in [5.74, 6) is 2.03. The Kier molecular flexibility index (Phi) is 5.71. The highest BCUT2D eigenvalue weighted by atomic mass is 16.6. The molecule has 2 heterocycles. The molecule has 1 aliphatic rings. The van der Waals surface area contributed by atoms with Crippen molar-refractivity contribution >= 4 is 16.9 Å². The minimum atomic E-state index is 0.0850. The number of amides is 1. The summed E-state index contributed by atoms with van der Waals surface area (Å²) in [4.78, 5) is 15.0. The first-order chi connectivity index (χ1) is 14.5. The number of carbonyl (C=O) groups excluding carboxylic acids is 1. The van der Waals surface area contributed by atoms with E-state index in [0.717, 1.165) is 33.6 Å². The average Bonchev–Trinajstić information content (AvgIpc) is 3.12. The lowest BCUT2D eigenvalue weighted by atomic mass is 9.95. The lowest BCUT2D eigenvalue weighted by Crippen LogP contribution is -2.31. The van der Waals surface area contributed by atoms with Crippen molar-refractivity contribution in [3.05, 3.63) is 58.8 Å². The molecule has 5 heteroatoms. The van der Waals surface area contributed by atoms with Crippen LogP contribution in [-0.2, 0) is 17.8 Å². The third-order valence-electron chi connectivity index (χ3n) is 5.72. The van der Waals surface area contributed by atoms with Gasteiger partial charge in [0.05, 0.1) is 12.7 Å². The van der Waals surface area contributed by atoms with E-state index in [1.54, 1.807) is 6.26 Å². The summed E-state index contributed by atoms with van der Waals surface area (Å²) < 4.78 is 17.0. The number of carbonyl (C=O) groups is 1. The maximum Gasteiger partial charge on any atom is 0.227 e. The van der Waals surface area contributed by atoms with Crippen LogP contribution in [0.3, 0.4) is 0 Å². The minimum Gasteiger partial charge on any atom is -0.486 e. The molecule has 3 aromatic rings. The number of likely N-dealkylation sites (N-methyl/N-ethyl adjacent to an activating group) is 1. The predicted octanol–water partition coefficient (Wildman–Crippen LogP) is 5.23. The zero-order chi connectivity index (χ0) is 21.3. The van der Waals surface area contributed by atoms with Crippen molar-refractivity contribution in [3.8, 4) is 11.5 Å². The molecule has 0 spiro atoms. The van der Waals surface area contributed by atoms with Crippen LogP contribution in [0.1, 0.15) is 48.9 Å². The van der Waals surface area contributed by atoms with Crippen LogP contribution in [0.4, 0.5) is 0 Å². The molecule has 0 N–H and O–H groups in total. The van der Waals surface area contributed by atoms with E-state index in [1.807, 2.05) is 30.0 Å². The van der Waals surface area contributed by atoms with Gasteiger partial charge in [-0.05, 0) is 60.7 Å². The first-order valence-corrected chi connectivity index (χ1v) is 10.6. The molecule has 30 heavy (non-hydrogen) atoms.